The predicted octanol–water partition coefficient (Wildman–Crippen LogP) is 6.04. The van der Waals surface area contributed by atoms with Crippen LogP contribution in [0, 0.1) is 6.92 Å². The first-order valence-corrected chi connectivity index (χ1v) is 12.2. The summed E-state index contributed by atoms with van der Waals surface area (Å²) in [6.07, 6.45) is -2.33. The van der Waals surface area contributed by atoms with Crippen LogP contribution in [-0.2, 0) is 17.5 Å². The fraction of sp³-hybridized carbons (Fsp3) is 0.440. The maximum Gasteiger partial charge on any atom is 0.416 e. The van der Waals surface area contributed by atoms with Crippen molar-refractivity contribution < 1.29 is 22.7 Å². The highest BCUT2D eigenvalue weighted by atomic mass is 32.1. The van der Waals surface area contributed by atoms with Crippen molar-refractivity contribution >= 4 is 32.7 Å². The molecule has 1 atom stereocenters. The van der Waals surface area contributed by atoms with Crippen molar-refractivity contribution in [2.24, 2.45) is 0 Å². The molecule has 3 aromatic rings. The number of esters is 1. The number of alkyl halides is 3. The van der Waals surface area contributed by atoms with Gasteiger partial charge in [0.15, 0.2) is 5.13 Å². The van der Waals surface area contributed by atoms with Gasteiger partial charge in [0.1, 0.15) is 5.75 Å². The lowest BCUT2D eigenvalue weighted by Gasteiger charge is -2.41. The van der Waals surface area contributed by atoms with Crippen LogP contribution >= 0.6 is 11.3 Å². The number of ether oxygens (including phenoxy) is 1. The first-order chi connectivity index (χ1) is 16.1. The van der Waals surface area contributed by atoms with Gasteiger partial charge >= 0.3 is 12.1 Å². The summed E-state index contributed by atoms with van der Waals surface area (Å²) in [6, 6.07) is 9.89. The maximum atomic E-state index is 13.1. The van der Waals surface area contributed by atoms with E-state index in [0.717, 1.165) is 61.3 Å². The molecule has 5 nitrogen and oxygen atoms in total. The zero-order valence-electron chi connectivity index (χ0n) is 19.5. The van der Waals surface area contributed by atoms with E-state index in [2.05, 4.69) is 27.8 Å². The lowest BCUT2D eigenvalue weighted by Crippen LogP contribution is -2.52. The van der Waals surface area contributed by atoms with Crippen LogP contribution in [0.2, 0.25) is 0 Å². The number of piperazine rings is 1. The highest BCUT2D eigenvalue weighted by Gasteiger charge is 2.32. The molecule has 0 N–H and O–H groups in total. The average molecular weight is 492 g/mol. The van der Waals surface area contributed by atoms with Crippen LogP contribution in [0.3, 0.4) is 0 Å². The Morgan fingerprint density at radius 1 is 1.21 bits per heavy atom. The molecule has 182 valence electrons. The van der Waals surface area contributed by atoms with E-state index in [1.807, 2.05) is 19.1 Å². The molecule has 9 heteroatoms. The minimum absolute atomic E-state index is 0.286. The molecule has 1 aliphatic rings. The highest BCUT2D eigenvalue weighted by Crippen LogP contribution is 2.36. The molecular formula is C25H28F3N3O2S. The largest absolute Gasteiger partial charge is 0.427 e. The molecule has 0 radical (unpaired) electrons. The van der Waals surface area contributed by atoms with Crippen LogP contribution in [0.1, 0.15) is 43.4 Å². The molecule has 0 saturated carbocycles. The van der Waals surface area contributed by atoms with Crippen molar-refractivity contribution in [3.05, 3.63) is 53.1 Å². The van der Waals surface area contributed by atoms with Crippen molar-refractivity contribution in [1.29, 1.82) is 0 Å². The number of hydrogen-bond donors (Lipinski definition) is 0. The van der Waals surface area contributed by atoms with E-state index in [0.29, 0.717) is 16.0 Å². The van der Waals surface area contributed by atoms with Crippen LogP contribution in [0.5, 0.6) is 5.75 Å². The summed E-state index contributed by atoms with van der Waals surface area (Å²) < 4.78 is 45.1. The lowest BCUT2D eigenvalue weighted by molar-refractivity contribution is -0.137. The van der Waals surface area contributed by atoms with Crippen molar-refractivity contribution in [2.45, 2.75) is 52.4 Å². The highest BCUT2D eigenvalue weighted by molar-refractivity contribution is 7.22. The molecule has 4 rings (SSSR count). The van der Waals surface area contributed by atoms with Gasteiger partial charge in [0.2, 0.25) is 0 Å². The fourth-order valence-electron chi connectivity index (χ4n) is 4.48. The molecule has 2 heterocycles. The van der Waals surface area contributed by atoms with Crippen LogP contribution in [-0.4, -0.2) is 41.5 Å². The minimum atomic E-state index is -4.36. The lowest BCUT2D eigenvalue weighted by atomic mass is 10.0. The number of carbonyl (C=O) groups excluding carboxylic acids is 1. The third-order valence-corrected chi connectivity index (χ3v) is 7.04. The minimum Gasteiger partial charge on any atom is -0.427 e. The molecule has 1 aromatic heterocycles. The Kier molecular flexibility index (Phi) is 7.14. The van der Waals surface area contributed by atoms with E-state index in [4.69, 9.17) is 4.74 Å². The number of halogens is 3. The molecule has 0 unspecified atom stereocenters. The summed E-state index contributed by atoms with van der Waals surface area (Å²) >= 11 is 1.32. The monoisotopic (exact) mass is 491 g/mol. The van der Waals surface area contributed by atoms with Gasteiger partial charge in [-0.1, -0.05) is 30.7 Å². The summed E-state index contributed by atoms with van der Waals surface area (Å²) in [6.45, 7) is 8.59. The molecule has 1 fully saturated rings. The zero-order chi connectivity index (χ0) is 24.5. The molecule has 0 amide bonds. The Hall–Kier alpha value is -2.65. The van der Waals surface area contributed by atoms with Crippen LogP contribution in [0.15, 0.2) is 36.4 Å². The van der Waals surface area contributed by atoms with E-state index >= 15 is 0 Å². The van der Waals surface area contributed by atoms with Gasteiger partial charge in [-0.05, 0) is 54.8 Å². The van der Waals surface area contributed by atoms with Crippen LogP contribution in [0.4, 0.5) is 18.3 Å². The predicted molar refractivity (Wildman–Crippen MR) is 128 cm³/mol. The Morgan fingerprint density at radius 3 is 2.71 bits per heavy atom. The zero-order valence-corrected chi connectivity index (χ0v) is 20.3. The second kappa shape index (κ2) is 9.92. The van der Waals surface area contributed by atoms with Gasteiger partial charge in [-0.3, -0.25) is 9.69 Å². The standard InChI is InChI=1S/C25H28F3N3O2S/c1-4-5-20-15-31(24-29-22-7-6-19(25(26,27)28)13-23(22)34-24)9-8-30(20)14-18-10-16(2)11-21(12-18)33-17(3)32/h6-7,10-13,20H,4-5,8-9,14-15H2,1-3H3/t20-/m1/s1. The summed E-state index contributed by atoms with van der Waals surface area (Å²) in [5.41, 5.74) is 2.08. The number of rotatable bonds is 6. The Morgan fingerprint density at radius 2 is 2.00 bits per heavy atom. The van der Waals surface area contributed by atoms with E-state index in [9.17, 15) is 18.0 Å². The van der Waals surface area contributed by atoms with Crippen molar-refractivity contribution in [1.82, 2.24) is 9.88 Å². The quantitative estimate of drug-likeness (QED) is 0.311. The van der Waals surface area contributed by atoms with Gasteiger partial charge in [0.25, 0.3) is 0 Å². The third-order valence-electron chi connectivity index (χ3n) is 5.96. The third kappa shape index (κ3) is 5.70. The van der Waals surface area contributed by atoms with Gasteiger partial charge in [0, 0.05) is 39.1 Å². The molecule has 0 spiro atoms. The summed E-state index contributed by atoms with van der Waals surface area (Å²) in [5.74, 6) is 0.216. The van der Waals surface area contributed by atoms with Crippen molar-refractivity contribution in [3.8, 4) is 5.75 Å². The summed E-state index contributed by atoms with van der Waals surface area (Å²) in [5, 5.41) is 0.766. The van der Waals surface area contributed by atoms with Gasteiger partial charge in [-0.15, -0.1) is 0 Å². The van der Waals surface area contributed by atoms with Crippen molar-refractivity contribution in [2.75, 3.05) is 24.5 Å². The first kappa shape index (κ1) is 24.5. The number of aromatic nitrogens is 1. The molecule has 34 heavy (non-hydrogen) atoms. The Bertz CT molecular complexity index is 1180. The number of nitrogens with zero attached hydrogens (tertiary/aromatic N) is 3. The number of benzene rings is 2. The first-order valence-electron chi connectivity index (χ1n) is 11.4. The molecule has 1 aliphatic heterocycles. The SMILES string of the molecule is CCC[C@@H]1CN(c2nc3ccc(C(F)(F)F)cc3s2)CCN1Cc1cc(C)cc(OC(C)=O)c1. The topological polar surface area (TPSA) is 45.7 Å². The smallest absolute Gasteiger partial charge is 0.416 e. The van der Waals surface area contributed by atoms with Gasteiger partial charge in [-0.25, -0.2) is 4.98 Å². The molecule has 0 bridgehead atoms. The fourth-order valence-corrected chi connectivity index (χ4v) is 5.52. The Balaban J connectivity index is 1.51. The molecule has 1 saturated heterocycles. The van der Waals surface area contributed by atoms with Crippen LogP contribution < -0.4 is 9.64 Å². The van der Waals surface area contributed by atoms with Crippen LogP contribution in [0.25, 0.3) is 10.2 Å². The van der Waals surface area contributed by atoms with E-state index in [-0.39, 0.29) is 12.0 Å². The number of anilines is 1. The van der Waals surface area contributed by atoms with E-state index < -0.39 is 11.7 Å². The van der Waals surface area contributed by atoms with Gasteiger partial charge < -0.3 is 9.64 Å². The average Bonchev–Trinajstić information content (AvgIpc) is 3.17. The Labute approximate surface area is 201 Å². The van der Waals surface area contributed by atoms with E-state index in [1.54, 1.807) is 0 Å². The van der Waals surface area contributed by atoms with Crippen molar-refractivity contribution in [3.63, 3.8) is 0 Å². The number of hydrogen-bond acceptors (Lipinski definition) is 6. The number of carbonyl (C=O) groups is 1. The maximum absolute atomic E-state index is 13.1. The number of aryl methyl sites for hydroxylation is 1. The molecule has 0 aliphatic carbocycles. The number of fused-ring (bicyclic) bond motifs is 1. The molecular weight excluding hydrogens is 463 g/mol. The molecule has 2 aromatic carbocycles. The normalized spacial score (nSPS) is 17.4. The second-order valence-corrected chi connectivity index (χ2v) is 9.79. The summed E-state index contributed by atoms with van der Waals surface area (Å²) in [4.78, 5) is 20.6. The summed E-state index contributed by atoms with van der Waals surface area (Å²) in [7, 11) is 0. The van der Waals surface area contributed by atoms with E-state index in [1.165, 1.54) is 30.4 Å². The second-order valence-electron chi connectivity index (χ2n) is 8.78. The number of thiazole rings is 1. The van der Waals surface area contributed by atoms with Gasteiger partial charge in [-0.2, -0.15) is 13.2 Å². The van der Waals surface area contributed by atoms with Gasteiger partial charge in [0.05, 0.1) is 15.8 Å².